The van der Waals surface area contributed by atoms with Crippen LogP contribution in [-0.2, 0) is 9.53 Å². The molecule has 0 spiro atoms. The van der Waals surface area contributed by atoms with Crippen LogP contribution >= 0.6 is 0 Å². The molecule has 0 aliphatic rings. The summed E-state index contributed by atoms with van der Waals surface area (Å²) in [4.78, 5) is 10.8. The van der Waals surface area contributed by atoms with E-state index in [9.17, 15) is 4.79 Å². The van der Waals surface area contributed by atoms with E-state index in [4.69, 9.17) is 5.73 Å². The maximum absolute atomic E-state index is 10.8. The fourth-order valence-corrected chi connectivity index (χ4v) is 0.433. The number of ether oxygens (including phenoxy) is 1. The Bertz CT molecular complexity index is 132. The van der Waals surface area contributed by atoms with Crippen LogP contribution in [0.2, 0.25) is 0 Å². The summed E-state index contributed by atoms with van der Waals surface area (Å²) in [6.07, 6.45) is 1.09. The molecule has 0 unspecified atom stereocenters. The van der Waals surface area contributed by atoms with Gasteiger partial charge in [-0.1, -0.05) is 20.4 Å². The Hall–Kier alpha value is -0.830. The molecular weight excluding hydrogens is 130 g/mol. The lowest BCUT2D eigenvalue weighted by molar-refractivity contribution is -0.140. The molecule has 0 amide bonds. The van der Waals surface area contributed by atoms with E-state index in [0.29, 0.717) is 0 Å². The molecule has 0 aromatic rings. The van der Waals surface area contributed by atoms with Crippen molar-refractivity contribution in [3.05, 3.63) is 12.8 Å². The molecule has 0 heterocycles. The van der Waals surface area contributed by atoms with Crippen molar-refractivity contribution in [2.24, 2.45) is 11.7 Å². The average Bonchev–Trinajstić information content (AvgIpc) is 1.87. The molecule has 2 N–H and O–H groups in total. The predicted octanol–water partition coefficient (Wildman–Crippen LogP) is 0.656. The van der Waals surface area contributed by atoms with Gasteiger partial charge in [0.2, 0.25) is 0 Å². The van der Waals surface area contributed by atoms with Gasteiger partial charge in [0.15, 0.2) is 0 Å². The van der Waals surface area contributed by atoms with E-state index in [1.165, 1.54) is 0 Å². The number of esters is 1. The number of hydrogen-bond donors (Lipinski definition) is 1. The van der Waals surface area contributed by atoms with Gasteiger partial charge in [-0.25, -0.2) is 4.79 Å². The van der Waals surface area contributed by atoms with Gasteiger partial charge in [0.1, 0.15) is 6.04 Å². The van der Waals surface area contributed by atoms with Crippen molar-refractivity contribution in [3.63, 3.8) is 0 Å². The zero-order valence-electron chi connectivity index (χ0n) is 6.33. The lowest BCUT2D eigenvalue weighted by atomic mass is 10.1. The van der Waals surface area contributed by atoms with Gasteiger partial charge in [0.05, 0.1) is 6.26 Å². The molecule has 0 bridgehead atoms. The quantitative estimate of drug-likeness (QED) is 0.466. The first-order valence-electron chi connectivity index (χ1n) is 3.16. The largest absolute Gasteiger partial charge is 0.434 e. The Balaban J connectivity index is 3.81. The van der Waals surface area contributed by atoms with Gasteiger partial charge in [0.25, 0.3) is 0 Å². The summed E-state index contributed by atoms with van der Waals surface area (Å²) in [5, 5.41) is 0. The van der Waals surface area contributed by atoms with E-state index in [0.717, 1.165) is 6.26 Å². The van der Waals surface area contributed by atoms with Crippen LogP contribution in [0, 0.1) is 5.92 Å². The van der Waals surface area contributed by atoms with Crippen molar-refractivity contribution in [3.8, 4) is 0 Å². The lowest BCUT2D eigenvalue weighted by Gasteiger charge is -2.11. The van der Waals surface area contributed by atoms with Crippen molar-refractivity contribution in [1.29, 1.82) is 0 Å². The first kappa shape index (κ1) is 9.17. The maximum Gasteiger partial charge on any atom is 0.327 e. The summed E-state index contributed by atoms with van der Waals surface area (Å²) in [5.74, 6) is -0.322. The highest BCUT2D eigenvalue weighted by Gasteiger charge is 2.17. The average molecular weight is 143 g/mol. The van der Waals surface area contributed by atoms with Gasteiger partial charge in [0, 0.05) is 0 Å². The van der Waals surface area contributed by atoms with Gasteiger partial charge < -0.3 is 10.5 Å². The molecule has 3 heteroatoms. The molecule has 0 aromatic carbocycles. The highest BCUT2D eigenvalue weighted by molar-refractivity contribution is 5.76. The molecule has 1 atom stereocenters. The topological polar surface area (TPSA) is 52.3 Å². The van der Waals surface area contributed by atoms with Crippen LogP contribution in [0.1, 0.15) is 13.8 Å². The van der Waals surface area contributed by atoms with Gasteiger partial charge in [-0.2, -0.15) is 0 Å². The molecule has 0 saturated heterocycles. The Labute approximate surface area is 60.9 Å². The molecule has 0 radical (unpaired) electrons. The number of rotatable bonds is 3. The minimum atomic E-state index is -0.544. The molecule has 0 fully saturated rings. The van der Waals surface area contributed by atoms with Crippen molar-refractivity contribution in [2.75, 3.05) is 0 Å². The van der Waals surface area contributed by atoms with Crippen molar-refractivity contribution in [2.45, 2.75) is 19.9 Å². The van der Waals surface area contributed by atoms with Crippen molar-refractivity contribution >= 4 is 5.97 Å². The third kappa shape index (κ3) is 2.64. The third-order valence-corrected chi connectivity index (χ3v) is 1.19. The Morgan fingerprint density at radius 2 is 2.20 bits per heavy atom. The Morgan fingerprint density at radius 1 is 1.70 bits per heavy atom. The number of hydrogen-bond acceptors (Lipinski definition) is 3. The second-order valence-electron chi connectivity index (χ2n) is 2.37. The van der Waals surface area contributed by atoms with Gasteiger partial charge in [-0.3, -0.25) is 0 Å². The normalized spacial score (nSPS) is 12.8. The monoisotopic (exact) mass is 143 g/mol. The fourth-order valence-electron chi connectivity index (χ4n) is 0.433. The number of carbonyl (C=O) groups excluding carboxylic acids is 1. The van der Waals surface area contributed by atoms with Crippen LogP contribution in [0.4, 0.5) is 0 Å². The van der Waals surface area contributed by atoms with Gasteiger partial charge in [-0.05, 0) is 5.92 Å². The van der Waals surface area contributed by atoms with Crippen LogP contribution < -0.4 is 5.73 Å². The van der Waals surface area contributed by atoms with E-state index in [1.54, 1.807) is 0 Å². The van der Waals surface area contributed by atoms with E-state index in [2.05, 4.69) is 11.3 Å². The minimum Gasteiger partial charge on any atom is -0.434 e. The first-order valence-corrected chi connectivity index (χ1v) is 3.16. The molecule has 3 nitrogen and oxygen atoms in total. The minimum absolute atomic E-state index is 0.104. The summed E-state index contributed by atoms with van der Waals surface area (Å²) in [6, 6.07) is -0.544. The Kier molecular flexibility index (Phi) is 3.72. The van der Waals surface area contributed by atoms with Crippen LogP contribution in [0.3, 0.4) is 0 Å². The van der Waals surface area contributed by atoms with Crippen LogP contribution in [0.25, 0.3) is 0 Å². The first-order chi connectivity index (χ1) is 4.59. The number of carbonyl (C=O) groups is 1. The smallest absolute Gasteiger partial charge is 0.327 e. The molecule has 0 rings (SSSR count). The van der Waals surface area contributed by atoms with Crippen LogP contribution in [0.5, 0.6) is 0 Å². The van der Waals surface area contributed by atoms with Gasteiger partial charge in [-0.15, -0.1) is 0 Å². The van der Waals surface area contributed by atoms with E-state index in [-0.39, 0.29) is 5.92 Å². The third-order valence-electron chi connectivity index (χ3n) is 1.19. The van der Waals surface area contributed by atoms with E-state index in [1.807, 2.05) is 13.8 Å². The molecule has 10 heavy (non-hydrogen) atoms. The molecular formula is C7H13NO2. The second kappa shape index (κ2) is 4.06. The zero-order valence-corrected chi connectivity index (χ0v) is 6.33. The summed E-state index contributed by atoms with van der Waals surface area (Å²) < 4.78 is 4.46. The second-order valence-corrected chi connectivity index (χ2v) is 2.37. The molecule has 0 aromatic heterocycles. The Morgan fingerprint density at radius 3 is 2.50 bits per heavy atom. The van der Waals surface area contributed by atoms with E-state index < -0.39 is 12.0 Å². The van der Waals surface area contributed by atoms with Crippen LogP contribution in [0.15, 0.2) is 12.8 Å². The highest BCUT2D eigenvalue weighted by Crippen LogP contribution is 1.99. The summed E-state index contributed by atoms with van der Waals surface area (Å²) >= 11 is 0. The predicted molar refractivity (Wildman–Crippen MR) is 39.1 cm³/mol. The highest BCUT2D eigenvalue weighted by atomic mass is 16.5. The fraction of sp³-hybridized carbons (Fsp3) is 0.571. The van der Waals surface area contributed by atoms with Crippen molar-refractivity contribution < 1.29 is 9.53 Å². The summed E-state index contributed by atoms with van der Waals surface area (Å²) in [7, 11) is 0. The SMILES string of the molecule is C=COC(=O)[C@@H](N)C(C)C. The summed E-state index contributed by atoms with van der Waals surface area (Å²) in [5.41, 5.74) is 5.42. The van der Waals surface area contributed by atoms with Gasteiger partial charge >= 0.3 is 5.97 Å². The standard InChI is InChI=1S/C7H13NO2/c1-4-10-7(9)6(8)5(2)3/h4-6H,1,8H2,2-3H3/t6-/m0/s1. The number of nitrogens with two attached hydrogens (primary N) is 1. The molecule has 0 aliphatic heterocycles. The van der Waals surface area contributed by atoms with Crippen molar-refractivity contribution in [1.82, 2.24) is 0 Å². The molecule has 58 valence electrons. The maximum atomic E-state index is 10.8. The molecule has 0 saturated carbocycles. The van der Waals surface area contributed by atoms with Crippen LogP contribution in [-0.4, -0.2) is 12.0 Å². The molecule has 0 aliphatic carbocycles. The van der Waals surface area contributed by atoms with E-state index >= 15 is 0 Å². The lowest BCUT2D eigenvalue weighted by Crippen LogP contribution is -2.36. The zero-order chi connectivity index (χ0) is 8.15. The summed E-state index contributed by atoms with van der Waals surface area (Å²) in [6.45, 7) is 6.96.